The Hall–Kier alpha value is -2.62. The highest BCUT2D eigenvalue weighted by Gasteiger charge is 2.31. The summed E-state index contributed by atoms with van der Waals surface area (Å²) in [4.78, 5) is 37.2. The van der Waals surface area contributed by atoms with Gasteiger partial charge in [0.05, 0.1) is 10.8 Å². The van der Waals surface area contributed by atoms with Gasteiger partial charge in [-0.2, -0.15) is 0 Å². The average Bonchev–Trinajstić information content (AvgIpc) is 2.60. The molecule has 2 rings (SSSR count). The number of amides is 3. The Bertz CT molecular complexity index is 874. The zero-order valence-electron chi connectivity index (χ0n) is 17.0. The van der Waals surface area contributed by atoms with Gasteiger partial charge in [0.15, 0.2) is 0 Å². The standard InChI is InChI=1S/C19H27N3O6S/c1-13(23)21-29(26,27)16-9-7-15(8-10-16)20-17(24)14-6-5-11-22(12-14)18(25)28-19(2,3)4/h7-10,14H,5-6,11-12H2,1-4H3,(H,20,24)(H,21,23). The lowest BCUT2D eigenvalue weighted by molar-refractivity contribution is -0.121. The molecule has 160 valence electrons. The molecule has 0 radical (unpaired) electrons. The second-order valence-corrected chi connectivity index (χ2v) is 9.62. The molecule has 0 aromatic heterocycles. The summed E-state index contributed by atoms with van der Waals surface area (Å²) in [6.45, 7) is 7.26. The summed E-state index contributed by atoms with van der Waals surface area (Å²) in [5.41, 5.74) is -0.183. The fourth-order valence-electron chi connectivity index (χ4n) is 2.89. The first-order chi connectivity index (χ1) is 13.4. The summed E-state index contributed by atoms with van der Waals surface area (Å²) in [5.74, 6) is -1.33. The molecule has 29 heavy (non-hydrogen) atoms. The predicted octanol–water partition coefficient (Wildman–Crippen LogP) is 2.10. The number of sulfonamides is 1. The van der Waals surface area contributed by atoms with Crippen molar-refractivity contribution in [3.63, 3.8) is 0 Å². The largest absolute Gasteiger partial charge is 0.444 e. The minimum Gasteiger partial charge on any atom is -0.444 e. The third kappa shape index (κ3) is 6.74. The van der Waals surface area contributed by atoms with E-state index < -0.39 is 27.6 Å². The molecular formula is C19H27N3O6S. The van der Waals surface area contributed by atoms with Gasteiger partial charge in [-0.25, -0.2) is 17.9 Å². The van der Waals surface area contributed by atoms with Crippen molar-refractivity contribution >= 4 is 33.6 Å². The number of carbonyl (C=O) groups excluding carboxylic acids is 3. The summed E-state index contributed by atoms with van der Waals surface area (Å²) >= 11 is 0. The molecule has 0 aliphatic carbocycles. The van der Waals surface area contributed by atoms with Crippen LogP contribution in [0.1, 0.15) is 40.5 Å². The number of hydrogen-bond donors (Lipinski definition) is 2. The molecule has 9 nitrogen and oxygen atoms in total. The van der Waals surface area contributed by atoms with Crippen LogP contribution in [0.25, 0.3) is 0 Å². The molecule has 0 saturated carbocycles. The van der Waals surface area contributed by atoms with E-state index in [4.69, 9.17) is 4.74 Å². The molecule has 10 heteroatoms. The number of rotatable bonds is 4. The van der Waals surface area contributed by atoms with E-state index in [2.05, 4.69) is 5.32 Å². The highest BCUT2D eigenvalue weighted by molar-refractivity contribution is 7.90. The minimum atomic E-state index is -3.93. The SMILES string of the molecule is CC(=O)NS(=O)(=O)c1ccc(NC(=O)C2CCCN(C(=O)OC(C)(C)C)C2)cc1. The van der Waals surface area contributed by atoms with Gasteiger partial charge in [-0.3, -0.25) is 9.59 Å². The van der Waals surface area contributed by atoms with Gasteiger partial charge in [0.25, 0.3) is 10.0 Å². The van der Waals surface area contributed by atoms with E-state index >= 15 is 0 Å². The van der Waals surface area contributed by atoms with Crippen molar-refractivity contribution in [1.82, 2.24) is 9.62 Å². The lowest BCUT2D eigenvalue weighted by Gasteiger charge is -2.33. The second-order valence-electron chi connectivity index (χ2n) is 7.94. The van der Waals surface area contributed by atoms with E-state index in [1.165, 1.54) is 29.2 Å². The normalized spacial score (nSPS) is 17.4. The zero-order valence-corrected chi connectivity index (χ0v) is 17.8. The van der Waals surface area contributed by atoms with Gasteiger partial charge in [-0.05, 0) is 57.9 Å². The topological polar surface area (TPSA) is 122 Å². The first-order valence-electron chi connectivity index (χ1n) is 9.29. The highest BCUT2D eigenvalue weighted by atomic mass is 32.2. The summed E-state index contributed by atoms with van der Waals surface area (Å²) in [6.07, 6.45) is 0.883. The fourth-order valence-corrected chi connectivity index (χ4v) is 3.88. The Kier molecular flexibility index (Phi) is 6.89. The molecule has 1 saturated heterocycles. The van der Waals surface area contributed by atoms with Crippen molar-refractivity contribution in [2.45, 2.75) is 51.0 Å². The maximum atomic E-state index is 12.6. The zero-order chi connectivity index (χ0) is 21.8. The number of anilines is 1. The lowest BCUT2D eigenvalue weighted by Crippen LogP contribution is -2.45. The first-order valence-corrected chi connectivity index (χ1v) is 10.8. The highest BCUT2D eigenvalue weighted by Crippen LogP contribution is 2.21. The number of nitrogens with zero attached hydrogens (tertiary/aromatic N) is 1. The molecule has 1 aliphatic heterocycles. The molecule has 1 aliphatic rings. The number of nitrogens with one attached hydrogen (secondary N) is 2. The number of ether oxygens (including phenoxy) is 1. The molecule has 3 amide bonds. The lowest BCUT2D eigenvalue weighted by atomic mass is 9.97. The van der Waals surface area contributed by atoms with E-state index in [0.29, 0.717) is 25.1 Å². The molecular weight excluding hydrogens is 398 g/mol. The summed E-state index contributed by atoms with van der Waals surface area (Å²) in [5, 5.41) is 2.74. The molecule has 1 atom stereocenters. The number of hydrogen-bond acceptors (Lipinski definition) is 6. The van der Waals surface area contributed by atoms with E-state index in [1.54, 1.807) is 20.8 Å². The third-order valence-electron chi connectivity index (χ3n) is 4.15. The van der Waals surface area contributed by atoms with Crippen LogP contribution in [0.15, 0.2) is 29.2 Å². The Morgan fingerprint density at radius 2 is 1.76 bits per heavy atom. The van der Waals surface area contributed by atoms with Crippen molar-refractivity contribution < 1.29 is 27.5 Å². The summed E-state index contributed by atoms with van der Waals surface area (Å²) in [7, 11) is -3.93. The maximum Gasteiger partial charge on any atom is 0.410 e. The van der Waals surface area contributed by atoms with Crippen LogP contribution in [0, 0.1) is 5.92 Å². The van der Waals surface area contributed by atoms with Gasteiger partial charge < -0.3 is 15.0 Å². The minimum absolute atomic E-state index is 0.0838. The second kappa shape index (κ2) is 8.81. The van der Waals surface area contributed by atoms with E-state index in [1.807, 2.05) is 4.72 Å². The predicted molar refractivity (Wildman–Crippen MR) is 107 cm³/mol. The maximum absolute atomic E-state index is 12.6. The molecule has 0 spiro atoms. The van der Waals surface area contributed by atoms with Crippen molar-refractivity contribution in [2.75, 3.05) is 18.4 Å². The van der Waals surface area contributed by atoms with Crippen molar-refractivity contribution in [3.05, 3.63) is 24.3 Å². The molecule has 2 N–H and O–H groups in total. The van der Waals surface area contributed by atoms with Crippen LogP contribution in [-0.2, 0) is 24.3 Å². The first kappa shape index (κ1) is 22.7. The molecule has 1 aromatic rings. The number of carbonyl (C=O) groups is 3. The van der Waals surface area contributed by atoms with Gasteiger partial charge in [-0.1, -0.05) is 0 Å². The van der Waals surface area contributed by atoms with Crippen LogP contribution in [0.2, 0.25) is 0 Å². The molecule has 1 unspecified atom stereocenters. The van der Waals surface area contributed by atoms with Gasteiger partial charge in [0.2, 0.25) is 11.8 Å². The van der Waals surface area contributed by atoms with Gasteiger partial charge in [-0.15, -0.1) is 0 Å². The van der Waals surface area contributed by atoms with Crippen molar-refractivity contribution in [3.8, 4) is 0 Å². The fraction of sp³-hybridized carbons (Fsp3) is 0.526. The molecule has 1 aromatic carbocycles. The number of benzene rings is 1. The van der Waals surface area contributed by atoms with Crippen LogP contribution < -0.4 is 10.0 Å². The van der Waals surface area contributed by atoms with E-state index in [9.17, 15) is 22.8 Å². The Morgan fingerprint density at radius 1 is 1.14 bits per heavy atom. The van der Waals surface area contributed by atoms with E-state index in [-0.39, 0.29) is 23.3 Å². The average molecular weight is 426 g/mol. The summed E-state index contributed by atoms with van der Waals surface area (Å²) < 4.78 is 31.1. The molecule has 1 fully saturated rings. The van der Waals surface area contributed by atoms with Crippen LogP contribution in [-0.4, -0.2) is 49.9 Å². The van der Waals surface area contributed by atoms with Gasteiger partial charge in [0, 0.05) is 25.7 Å². The van der Waals surface area contributed by atoms with Crippen LogP contribution >= 0.6 is 0 Å². The third-order valence-corrected chi connectivity index (χ3v) is 5.60. The van der Waals surface area contributed by atoms with Crippen molar-refractivity contribution in [1.29, 1.82) is 0 Å². The van der Waals surface area contributed by atoms with Crippen LogP contribution in [0.4, 0.5) is 10.5 Å². The van der Waals surface area contributed by atoms with E-state index in [0.717, 1.165) is 6.92 Å². The monoisotopic (exact) mass is 425 g/mol. The number of likely N-dealkylation sites (tertiary alicyclic amines) is 1. The van der Waals surface area contributed by atoms with Crippen molar-refractivity contribution in [2.24, 2.45) is 5.92 Å². The van der Waals surface area contributed by atoms with Crippen LogP contribution in [0.3, 0.4) is 0 Å². The molecule has 1 heterocycles. The van der Waals surface area contributed by atoms with Gasteiger partial charge in [0.1, 0.15) is 5.60 Å². The van der Waals surface area contributed by atoms with Crippen LogP contribution in [0.5, 0.6) is 0 Å². The Balaban J connectivity index is 1.99. The van der Waals surface area contributed by atoms with Gasteiger partial charge >= 0.3 is 6.09 Å². The Labute approximate surface area is 170 Å². The molecule has 0 bridgehead atoms. The summed E-state index contributed by atoms with van der Waals surface area (Å²) in [6, 6.07) is 5.49. The Morgan fingerprint density at radius 3 is 2.31 bits per heavy atom. The number of piperidine rings is 1. The smallest absolute Gasteiger partial charge is 0.410 e. The quantitative estimate of drug-likeness (QED) is 0.762.